The number of aromatic hydroxyl groups is 1. The second-order valence-electron chi connectivity index (χ2n) is 4.50. The summed E-state index contributed by atoms with van der Waals surface area (Å²) in [6, 6.07) is 6.72. The van der Waals surface area contributed by atoms with Gasteiger partial charge in [-0.3, -0.25) is 9.59 Å². The van der Waals surface area contributed by atoms with E-state index in [1.54, 1.807) is 19.1 Å². The van der Waals surface area contributed by atoms with E-state index in [-0.39, 0.29) is 12.2 Å². The number of carbonyl (C=O) groups excluding carboxylic acids is 2. The van der Waals surface area contributed by atoms with Crippen molar-refractivity contribution in [1.82, 2.24) is 10.6 Å². The lowest BCUT2D eigenvalue weighted by Gasteiger charge is -2.18. The molecule has 0 aromatic heterocycles. The van der Waals surface area contributed by atoms with Gasteiger partial charge in [-0.05, 0) is 30.7 Å². The van der Waals surface area contributed by atoms with E-state index in [0.717, 1.165) is 11.6 Å². The molecule has 0 aliphatic heterocycles. The van der Waals surface area contributed by atoms with Crippen molar-refractivity contribution in [2.24, 2.45) is 0 Å². The second kappa shape index (κ2) is 7.70. The molecule has 2 amide bonds. The van der Waals surface area contributed by atoms with Crippen molar-refractivity contribution in [2.45, 2.75) is 25.4 Å². The van der Waals surface area contributed by atoms with Gasteiger partial charge >= 0.3 is 0 Å². The Bertz CT molecular complexity index is 561. The summed E-state index contributed by atoms with van der Waals surface area (Å²) in [5.41, 5.74) is 0.766. The number of rotatable bonds is 6. The van der Waals surface area contributed by atoms with E-state index in [0.29, 0.717) is 0 Å². The summed E-state index contributed by atoms with van der Waals surface area (Å²) in [5, 5.41) is 23.0. The summed E-state index contributed by atoms with van der Waals surface area (Å²) in [5.74, 6) is -0.807. The zero-order valence-corrected chi connectivity index (χ0v) is 11.7. The number of hydrogen-bond acceptors (Lipinski definition) is 4. The Morgan fingerprint density at radius 1 is 1.38 bits per heavy atom. The zero-order valence-electron chi connectivity index (χ0n) is 11.7. The van der Waals surface area contributed by atoms with Crippen molar-refractivity contribution >= 4 is 11.8 Å². The van der Waals surface area contributed by atoms with Gasteiger partial charge in [0.05, 0.1) is 6.07 Å². The molecule has 6 heteroatoms. The van der Waals surface area contributed by atoms with Gasteiger partial charge in [0, 0.05) is 6.42 Å². The molecule has 0 heterocycles. The predicted octanol–water partition coefficient (Wildman–Crippen LogP) is 0.634. The Hall–Kier alpha value is -2.81. The van der Waals surface area contributed by atoms with Crippen molar-refractivity contribution in [3.05, 3.63) is 42.5 Å². The quantitative estimate of drug-likeness (QED) is 0.668. The van der Waals surface area contributed by atoms with Crippen molar-refractivity contribution in [1.29, 1.82) is 5.26 Å². The summed E-state index contributed by atoms with van der Waals surface area (Å²) in [6.07, 6.45) is 1.31. The van der Waals surface area contributed by atoms with Gasteiger partial charge in [0.1, 0.15) is 17.8 Å². The lowest BCUT2D eigenvalue weighted by molar-refractivity contribution is -0.127. The van der Waals surface area contributed by atoms with Crippen LogP contribution in [0.5, 0.6) is 5.75 Å². The fourth-order valence-corrected chi connectivity index (χ4v) is 1.65. The van der Waals surface area contributed by atoms with Gasteiger partial charge in [-0.1, -0.05) is 18.7 Å². The molecule has 0 aliphatic carbocycles. The van der Waals surface area contributed by atoms with Crippen molar-refractivity contribution in [2.75, 3.05) is 0 Å². The maximum atomic E-state index is 12.1. The predicted molar refractivity (Wildman–Crippen MR) is 77.2 cm³/mol. The second-order valence-corrected chi connectivity index (χ2v) is 4.50. The monoisotopic (exact) mass is 287 g/mol. The van der Waals surface area contributed by atoms with Crippen LogP contribution in [0, 0.1) is 11.3 Å². The first-order valence-electron chi connectivity index (χ1n) is 6.37. The van der Waals surface area contributed by atoms with Crippen molar-refractivity contribution in [3.8, 4) is 11.8 Å². The van der Waals surface area contributed by atoms with Crippen LogP contribution in [0.2, 0.25) is 0 Å². The molecule has 3 N–H and O–H groups in total. The molecule has 0 bridgehead atoms. The van der Waals surface area contributed by atoms with Crippen LogP contribution < -0.4 is 10.6 Å². The average Bonchev–Trinajstić information content (AvgIpc) is 2.48. The number of benzene rings is 1. The van der Waals surface area contributed by atoms with Gasteiger partial charge in [-0.2, -0.15) is 5.26 Å². The number of nitrogens with zero attached hydrogens (tertiary/aromatic N) is 1. The molecular weight excluding hydrogens is 270 g/mol. The minimum atomic E-state index is -0.823. The first-order valence-corrected chi connectivity index (χ1v) is 6.37. The molecule has 0 radical (unpaired) electrons. The normalized spacial score (nSPS) is 12.6. The topological polar surface area (TPSA) is 102 Å². The van der Waals surface area contributed by atoms with Crippen molar-refractivity contribution in [3.63, 3.8) is 0 Å². The Morgan fingerprint density at radius 3 is 2.52 bits per heavy atom. The third kappa shape index (κ3) is 5.37. The molecule has 1 aromatic rings. The van der Waals surface area contributed by atoms with Crippen LogP contribution >= 0.6 is 0 Å². The lowest BCUT2D eigenvalue weighted by Crippen LogP contribution is -2.49. The molecule has 0 spiro atoms. The zero-order chi connectivity index (χ0) is 15.8. The summed E-state index contributed by atoms with van der Waals surface area (Å²) < 4.78 is 0. The van der Waals surface area contributed by atoms with Gasteiger partial charge < -0.3 is 15.7 Å². The number of amides is 2. The molecule has 0 aliphatic rings. The third-order valence-corrected chi connectivity index (χ3v) is 2.75. The number of nitriles is 1. The largest absolute Gasteiger partial charge is 0.508 e. The van der Waals surface area contributed by atoms with Crippen LogP contribution in [0.4, 0.5) is 0 Å². The van der Waals surface area contributed by atoms with Gasteiger partial charge in [0.25, 0.3) is 0 Å². The number of nitrogens with one attached hydrogen (secondary N) is 2. The molecular formula is C15H17N3O3. The lowest BCUT2D eigenvalue weighted by atomic mass is 10.0. The highest BCUT2D eigenvalue weighted by atomic mass is 16.3. The molecule has 110 valence electrons. The number of carbonyl (C=O) groups is 2. The van der Waals surface area contributed by atoms with E-state index in [2.05, 4.69) is 17.2 Å². The number of hydrogen-bond donors (Lipinski definition) is 3. The molecule has 21 heavy (non-hydrogen) atoms. The molecule has 1 rings (SSSR count). The summed E-state index contributed by atoms with van der Waals surface area (Å²) in [7, 11) is 0. The minimum Gasteiger partial charge on any atom is -0.508 e. The highest BCUT2D eigenvalue weighted by molar-refractivity contribution is 5.92. The highest BCUT2D eigenvalue weighted by Crippen LogP contribution is 2.11. The van der Waals surface area contributed by atoms with Gasteiger partial charge in [0.15, 0.2) is 0 Å². The highest BCUT2D eigenvalue weighted by Gasteiger charge is 2.21. The molecule has 1 aromatic carbocycles. The van der Waals surface area contributed by atoms with Crippen LogP contribution in [0.3, 0.4) is 0 Å². The number of phenols is 1. The van der Waals surface area contributed by atoms with Crippen LogP contribution in [0.25, 0.3) is 0 Å². The van der Waals surface area contributed by atoms with Crippen LogP contribution in [0.1, 0.15) is 12.5 Å². The maximum absolute atomic E-state index is 12.1. The summed E-state index contributed by atoms with van der Waals surface area (Å²) >= 11 is 0. The average molecular weight is 287 g/mol. The minimum absolute atomic E-state index is 0.119. The van der Waals surface area contributed by atoms with Gasteiger partial charge in [-0.25, -0.2) is 0 Å². The number of phenolic OH excluding ortho intramolecular Hbond substituents is 1. The Balaban J connectivity index is 2.83. The molecule has 6 nitrogen and oxygen atoms in total. The molecule has 2 unspecified atom stereocenters. The van der Waals surface area contributed by atoms with Gasteiger partial charge in [-0.15, -0.1) is 0 Å². The molecule has 0 saturated carbocycles. The molecule has 0 fully saturated rings. The fourth-order valence-electron chi connectivity index (χ4n) is 1.65. The van der Waals surface area contributed by atoms with E-state index < -0.39 is 23.9 Å². The third-order valence-electron chi connectivity index (χ3n) is 2.75. The van der Waals surface area contributed by atoms with E-state index in [4.69, 9.17) is 5.26 Å². The summed E-state index contributed by atoms with van der Waals surface area (Å²) in [4.78, 5) is 23.5. The standard InChI is InChI=1S/C15H17N3O3/c1-3-14(20)18-13(15(21)17-10(2)9-16)8-11-4-6-12(19)7-5-11/h3-7,10,13,19H,1,8H2,2H3,(H,17,21)(H,18,20). The van der Waals surface area contributed by atoms with Crippen LogP contribution in [-0.4, -0.2) is 29.0 Å². The maximum Gasteiger partial charge on any atom is 0.244 e. The first-order chi connectivity index (χ1) is 9.96. The van der Waals surface area contributed by atoms with Crippen molar-refractivity contribution < 1.29 is 14.7 Å². The molecule has 0 saturated heterocycles. The Morgan fingerprint density at radius 2 is 2.00 bits per heavy atom. The van der Waals surface area contributed by atoms with Crippen LogP contribution in [-0.2, 0) is 16.0 Å². The Kier molecular flexibility index (Phi) is 5.96. The van der Waals surface area contributed by atoms with E-state index >= 15 is 0 Å². The fraction of sp³-hybridized carbons (Fsp3) is 0.267. The van der Waals surface area contributed by atoms with E-state index in [1.165, 1.54) is 12.1 Å². The van der Waals surface area contributed by atoms with E-state index in [1.807, 2.05) is 6.07 Å². The molecule has 2 atom stereocenters. The SMILES string of the molecule is C=CC(=O)NC(Cc1ccc(O)cc1)C(=O)NC(C)C#N. The first kappa shape index (κ1) is 16.2. The van der Waals surface area contributed by atoms with Gasteiger partial charge in [0.2, 0.25) is 11.8 Å². The van der Waals surface area contributed by atoms with E-state index in [9.17, 15) is 14.7 Å². The Labute approximate surface area is 123 Å². The summed E-state index contributed by atoms with van der Waals surface area (Å²) in [6.45, 7) is 4.89. The smallest absolute Gasteiger partial charge is 0.244 e. The van der Waals surface area contributed by atoms with Crippen LogP contribution in [0.15, 0.2) is 36.9 Å².